The minimum atomic E-state index is -1.50. The van der Waals surface area contributed by atoms with Crippen LogP contribution < -0.4 is 28.3 Å². The zero-order chi connectivity index (χ0) is 28.8. The van der Waals surface area contributed by atoms with Crippen molar-refractivity contribution in [3.8, 4) is 0 Å². The first-order chi connectivity index (χ1) is 15.7. The number of halogens is 1. The molecule has 0 aromatic rings. The summed E-state index contributed by atoms with van der Waals surface area (Å²) in [4.78, 5) is 46.5. The van der Waals surface area contributed by atoms with E-state index in [1.165, 1.54) is 14.0 Å². The van der Waals surface area contributed by atoms with Crippen LogP contribution in [-0.4, -0.2) is 85.8 Å². The number of ether oxygens (including phenoxy) is 1. The number of hydrogen-bond donors (Lipinski definition) is 8. The lowest BCUT2D eigenvalue weighted by Gasteiger charge is -1.93. The molecular weight excluding hydrogens is 453 g/mol. The summed E-state index contributed by atoms with van der Waals surface area (Å²) in [5, 5.41) is 25.8. The third-order valence-electron chi connectivity index (χ3n) is 1.51. The first-order valence-electron chi connectivity index (χ1n) is 9.29. The number of Topliss-reactive ketones (excluding diaryl/α,β-unsaturated/α-hetero) is 1. The standard InChI is InChI=1S/C5H11NO.C4H10N2O.C2H8N2.2C2H4O2.CH2FN.HNO3/c1-5(7)3-2-4-6;1-4(7)6-3-2-5;3-1-2-4;1-4-2-3;1-2(3)4;2-1-3;2-1(3)4/h2-4,6H2,1H3;2-3,5H2,1H3,(H,6,7);1-4H2;2H,1H3;1H3,(H,3,4);1,3H;(H,2,3,4)/i/hT. The Balaban J connectivity index is -0.0000000510. The van der Waals surface area contributed by atoms with E-state index in [2.05, 4.69) is 15.5 Å². The fourth-order valence-corrected chi connectivity index (χ4v) is 0.599. The fraction of sp³-hybridized carbons (Fsp3) is 0.688. The van der Waals surface area contributed by atoms with Crippen molar-refractivity contribution < 1.29 is 45.1 Å². The van der Waals surface area contributed by atoms with E-state index in [1.807, 2.05) is 0 Å². The van der Waals surface area contributed by atoms with Crippen molar-refractivity contribution in [2.45, 2.75) is 33.6 Å². The van der Waals surface area contributed by atoms with Crippen molar-refractivity contribution in [3.05, 3.63) is 10.1 Å². The summed E-state index contributed by atoms with van der Waals surface area (Å²) in [5.41, 5.74) is 20.0. The molecule has 0 unspecified atom stereocenters. The number of rotatable bonds is 7. The minimum absolute atomic E-state index is 0.0227. The number of hydrogen-bond acceptors (Lipinski definition) is 12. The van der Waals surface area contributed by atoms with Crippen LogP contribution in [0.2, 0.25) is 1.41 Å². The largest absolute Gasteiger partial charge is 0.481 e. The molecule has 0 rings (SSSR count). The number of carboxylic acids is 1. The molecule has 0 radical (unpaired) electrons. The van der Waals surface area contributed by atoms with Gasteiger partial charge in [-0.1, -0.05) is 0 Å². The molecule has 0 bridgehead atoms. The molecular formula is C16H40FN7O9. The Morgan fingerprint density at radius 3 is 1.55 bits per heavy atom. The van der Waals surface area contributed by atoms with Crippen LogP contribution in [0.3, 0.4) is 0 Å². The second-order valence-corrected chi connectivity index (χ2v) is 4.63. The third-order valence-corrected chi connectivity index (χ3v) is 1.51. The molecule has 0 saturated heterocycles. The number of ketones is 1. The second-order valence-electron chi connectivity index (χ2n) is 4.63. The Morgan fingerprint density at radius 2 is 1.48 bits per heavy atom. The normalized spacial score (nSPS) is 7.85. The number of nitrogens with zero attached hydrogens (tertiary/aromatic N) is 1. The van der Waals surface area contributed by atoms with Crippen molar-refractivity contribution in [3.63, 3.8) is 0 Å². The average Bonchev–Trinajstić information content (AvgIpc) is 2.76. The molecule has 16 nitrogen and oxygen atoms in total. The Labute approximate surface area is 193 Å². The third kappa shape index (κ3) is 454. The van der Waals surface area contributed by atoms with E-state index in [4.69, 9.17) is 54.4 Å². The summed E-state index contributed by atoms with van der Waals surface area (Å²) in [7, 11) is 1.31. The molecule has 0 aliphatic rings. The first-order valence-corrected chi connectivity index (χ1v) is 8.85. The number of carbonyl (C=O) groups is 4. The Bertz CT molecular complexity index is 434. The molecule has 0 aliphatic heterocycles. The van der Waals surface area contributed by atoms with E-state index in [0.29, 0.717) is 45.6 Å². The smallest absolute Gasteiger partial charge is 0.300 e. The highest BCUT2D eigenvalue weighted by Gasteiger charge is 1.87. The molecule has 200 valence electrons. The van der Waals surface area contributed by atoms with E-state index in [-0.39, 0.29) is 18.2 Å². The topological polar surface area (TPSA) is 301 Å². The number of nitrogens with one attached hydrogen (secondary N) is 2. The number of carbonyl (C=O) groups excluding carboxylic acids is 3. The summed E-state index contributed by atoms with van der Waals surface area (Å²) in [6.07, 6.45) is 1.46. The summed E-state index contributed by atoms with van der Waals surface area (Å²) >= 11 is 0. The molecule has 0 aromatic carbocycles. The Morgan fingerprint density at radius 1 is 1.15 bits per heavy atom. The van der Waals surface area contributed by atoms with E-state index >= 15 is 0 Å². The van der Waals surface area contributed by atoms with Crippen LogP contribution in [0, 0.1) is 15.5 Å². The summed E-state index contributed by atoms with van der Waals surface area (Å²) < 4.78 is 19.8. The van der Waals surface area contributed by atoms with Gasteiger partial charge < -0.3 is 48.1 Å². The lowest BCUT2D eigenvalue weighted by atomic mass is 10.2. The van der Waals surface area contributed by atoms with Gasteiger partial charge in [0.05, 0.1) is 7.11 Å². The first kappa shape index (κ1) is 43.6. The lowest BCUT2D eigenvalue weighted by Crippen LogP contribution is -2.26. The van der Waals surface area contributed by atoms with Gasteiger partial charge in [0.15, 0.2) is 7.88 Å². The van der Waals surface area contributed by atoms with Gasteiger partial charge in [-0.25, -0.2) is 0 Å². The van der Waals surface area contributed by atoms with Crippen molar-refractivity contribution in [2.24, 2.45) is 22.9 Å². The van der Waals surface area contributed by atoms with Crippen molar-refractivity contribution in [1.29, 1.82) is 5.40 Å². The minimum Gasteiger partial charge on any atom is -0.481 e. The maximum absolute atomic E-state index is 10.2. The van der Waals surface area contributed by atoms with Crippen molar-refractivity contribution in [2.75, 3.05) is 39.8 Å². The van der Waals surface area contributed by atoms with Gasteiger partial charge >= 0.3 is 0 Å². The van der Waals surface area contributed by atoms with Gasteiger partial charge in [0.2, 0.25) is 5.91 Å². The molecule has 0 saturated carbocycles. The number of amides is 1. The molecule has 0 spiro atoms. The molecule has 0 aromatic heterocycles. The molecule has 33 heavy (non-hydrogen) atoms. The SMILES string of the molecule is CC(=O)CCCN.CC(=O)NCCN.CC(=O)O.COC=O.NCCN.O=[N+]([O-])O.[3H]N=CF. The molecule has 12 N–H and O–H groups in total. The molecule has 0 fully saturated rings. The highest BCUT2D eigenvalue weighted by Crippen LogP contribution is 1.84. The monoisotopic (exact) mass is 495 g/mol. The van der Waals surface area contributed by atoms with Gasteiger partial charge in [-0.3, -0.25) is 19.8 Å². The predicted molar refractivity (Wildman–Crippen MR) is 120 cm³/mol. The van der Waals surface area contributed by atoms with Crippen LogP contribution in [0.4, 0.5) is 4.39 Å². The van der Waals surface area contributed by atoms with Crippen LogP contribution in [0.25, 0.3) is 0 Å². The summed E-state index contributed by atoms with van der Waals surface area (Å²) in [6, 6.07) is 0. The average molecular weight is 496 g/mol. The van der Waals surface area contributed by atoms with Crippen LogP contribution in [0.5, 0.6) is 0 Å². The van der Waals surface area contributed by atoms with Crippen LogP contribution in [0.15, 0.2) is 0 Å². The maximum Gasteiger partial charge on any atom is 0.300 e. The van der Waals surface area contributed by atoms with Gasteiger partial charge in [-0.05, 0) is 19.9 Å². The van der Waals surface area contributed by atoms with Gasteiger partial charge in [0.1, 0.15) is 5.78 Å². The van der Waals surface area contributed by atoms with Crippen molar-refractivity contribution in [1.82, 2.24) is 5.32 Å². The molecule has 1 amide bonds. The van der Waals surface area contributed by atoms with E-state index in [9.17, 15) is 14.0 Å². The van der Waals surface area contributed by atoms with Crippen molar-refractivity contribution >= 4 is 30.6 Å². The number of carboxylic acid groups (broad SMARTS) is 1. The quantitative estimate of drug-likeness (QED) is 0.0854. The zero-order valence-corrected chi connectivity index (χ0v) is 19.4. The van der Waals surface area contributed by atoms with E-state index in [0.717, 1.165) is 13.3 Å². The highest BCUT2D eigenvalue weighted by molar-refractivity contribution is 5.75. The Kier molecular flexibility index (Phi) is 74.9. The number of nitrogens with two attached hydrogens (primary N) is 4. The van der Waals surface area contributed by atoms with Gasteiger partial charge in [0.25, 0.3) is 17.5 Å². The summed E-state index contributed by atoms with van der Waals surface area (Å²) in [6.45, 7) is 7.33. The van der Waals surface area contributed by atoms with Gasteiger partial charge in [-0.2, -0.15) is 4.39 Å². The lowest BCUT2D eigenvalue weighted by molar-refractivity contribution is -0.742. The second kappa shape index (κ2) is 56.7. The zero-order valence-electron chi connectivity index (χ0n) is 20.4. The van der Waals surface area contributed by atoms with Crippen LogP contribution in [0.1, 0.15) is 33.6 Å². The molecule has 0 heterocycles. The predicted octanol–water partition coefficient (Wildman–Crippen LogP) is -1.61. The van der Waals surface area contributed by atoms with E-state index < -0.39 is 11.1 Å². The van der Waals surface area contributed by atoms with E-state index in [1.54, 1.807) is 6.92 Å². The fourth-order valence-electron chi connectivity index (χ4n) is 0.599. The van der Waals surface area contributed by atoms with Gasteiger partial charge in [0, 0.05) is 46.4 Å². The number of aliphatic carboxylic acids is 1. The highest BCUT2D eigenvalue weighted by atomic mass is 19.1. The maximum atomic E-state index is 10.2. The van der Waals surface area contributed by atoms with Crippen LogP contribution >= 0.6 is 0 Å². The van der Waals surface area contributed by atoms with Gasteiger partial charge in [-0.15, -0.1) is 10.1 Å². The molecule has 0 atom stereocenters. The number of methoxy groups -OCH3 is 1. The Hall–Kier alpha value is -3.28. The molecule has 0 aliphatic carbocycles. The van der Waals surface area contributed by atoms with Crippen LogP contribution in [-0.2, 0) is 23.9 Å². The summed E-state index contributed by atoms with van der Waals surface area (Å²) in [5.74, 6) is -0.629. The molecule has 17 heteroatoms.